The highest BCUT2D eigenvalue weighted by Gasteiger charge is 2.17. The quantitative estimate of drug-likeness (QED) is 0.626. The highest BCUT2D eigenvalue weighted by Crippen LogP contribution is 2.36. The second-order valence-electron chi connectivity index (χ2n) is 3.52. The molecule has 0 spiro atoms. The Morgan fingerprint density at radius 2 is 1.93 bits per heavy atom. The summed E-state index contributed by atoms with van der Waals surface area (Å²) in [6, 6.07) is 0. The van der Waals surface area contributed by atoms with Gasteiger partial charge in [-0.25, -0.2) is 0 Å². The molecule has 0 aromatic heterocycles. The third-order valence-electron chi connectivity index (χ3n) is 2.50. The fourth-order valence-electron chi connectivity index (χ4n) is 1.75. The van der Waals surface area contributed by atoms with Crippen LogP contribution in [-0.4, -0.2) is 0 Å². The Bertz CT molecular complexity index is 384. The second kappa shape index (κ2) is 5.35. The van der Waals surface area contributed by atoms with Crippen molar-refractivity contribution in [1.29, 1.82) is 0 Å². The average Bonchev–Trinajstić information content (AvgIpc) is 2.52. The van der Waals surface area contributed by atoms with E-state index in [1.165, 1.54) is 16.7 Å². The molecule has 0 N–H and O–H groups in total. The SMILES string of the molecule is C=CC1=C(/C=C\C)C/C(=C/C=C\C)C1=C. The second-order valence-corrected chi connectivity index (χ2v) is 3.52. The molecule has 0 fully saturated rings. The van der Waals surface area contributed by atoms with E-state index in [4.69, 9.17) is 0 Å². The summed E-state index contributed by atoms with van der Waals surface area (Å²) < 4.78 is 0. The van der Waals surface area contributed by atoms with E-state index in [9.17, 15) is 0 Å². The molecular weight excluding hydrogens is 180 g/mol. The molecular formula is C15H18. The van der Waals surface area contributed by atoms with Crippen molar-refractivity contribution in [2.24, 2.45) is 0 Å². The van der Waals surface area contributed by atoms with Crippen LogP contribution in [0, 0.1) is 0 Å². The molecule has 0 nitrogen and oxygen atoms in total. The third kappa shape index (κ3) is 2.47. The summed E-state index contributed by atoms with van der Waals surface area (Å²) >= 11 is 0. The van der Waals surface area contributed by atoms with Gasteiger partial charge in [-0.3, -0.25) is 0 Å². The lowest BCUT2D eigenvalue weighted by Gasteiger charge is -1.98. The molecule has 0 aromatic carbocycles. The summed E-state index contributed by atoms with van der Waals surface area (Å²) in [5, 5.41) is 0. The molecule has 0 saturated carbocycles. The first-order chi connectivity index (χ1) is 7.24. The predicted octanol–water partition coefficient (Wildman–Crippen LogP) is 4.51. The molecule has 0 atom stereocenters. The third-order valence-corrected chi connectivity index (χ3v) is 2.50. The van der Waals surface area contributed by atoms with Crippen molar-refractivity contribution in [2.45, 2.75) is 20.3 Å². The Morgan fingerprint density at radius 3 is 2.47 bits per heavy atom. The highest BCUT2D eigenvalue weighted by atomic mass is 14.2. The topological polar surface area (TPSA) is 0 Å². The fraction of sp³-hybridized carbons (Fsp3) is 0.200. The van der Waals surface area contributed by atoms with Crippen LogP contribution in [0.2, 0.25) is 0 Å². The van der Waals surface area contributed by atoms with Crippen LogP contribution in [0.5, 0.6) is 0 Å². The lowest BCUT2D eigenvalue weighted by atomic mass is 10.1. The van der Waals surface area contributed by atoms with Crippen LogP contribution in [0.15, 0.2) is 71.9 Å². The zero-order chi connectivity index (χ0) is 11.3. The van der Waals surface area contributed by atoms with Gasteiger partial charge in [0, 0.05) is 0 Å². The maximum absolute atomic E-state index is 4.11. The minimum absolute atomic E-state index is 0.967. The number of allylic oxidation sites excluding steroid dienone is 10. The summed E-state index contributed by atoms with van der Waals surface area (Å²) in [6.45, 7) is 12.0. The summed E-state index contributed by atoms with van der Waals surface area (Å²) in [7, 11) is 0. The Morgan fingerprint density at radius 1 is 1.20 bits per heavy atom. The summed E-state index contributed by atoms with van der Waals surface area (Å²) in [6.07, 6.45) is 13.3. The van der Waals surface area contributed by atoms with Crippen LogP contribution in [-0.2, 0) is 0 Å². The first-order valence-electron chi connectivity index (χ1n) is 5.24. The maximum Gasteiger partial charge on any atom is -0.00138 e. The van der Waals surface area contributed by atoms with Gasteiger partial charge in [0.05, 0.1) is 0 Å². The Balaban J connectivity index is 3.04. The molecule has 0 aliphatic heterocycles. The smallest absolute Gasteiger partial charge is 0.00138 e. The van der Waals surface area contributed by atoms with Crippen molar-refractivity contribution in [3.05, 3.63) is 71.9 Å². The van der Waals surface area contributed by atoms with Gasteiger partial charge in [0.1, 0.15) is 0 Å². The van der Waals surface area contributed by atoms with Crippen LogP contribution in [0.1, 0.15) is 20.3 Å². The Hall–Kier alpha value is -1.56. The minimum Gasteiger partial charge on any atom is -0.0984 e. The number of hydrogen-bond acceptors (Lipinski definition) is 0. The van der Waals surface area contributed by atoms with Gasteiger partial charge >= 0.3 is 0 Å². The van der Waals surface area contributed by atoms with Gasteiger partial charge in [-0.05, 0) is 42.6 Å². The summed E-state index contributed by atoms with van der Waals surface area (Å²) in [5.41, 5.74) is 4.89. The molecule has 15 heavy (non-hydrogen) atoms. The van der Waals surface area contributed by atoms with Gasteiger partial charge in [-0.2, -0.15) is 0 Å². The van der Waals surface area contributed by atoms with E-state index in [1.807, 2.05) is 26.0 Å². The molecule has 1 rings (SSSR count). The number of hydrogen-bond donors (Lipinski definition) is 0. The van der Waals surface area contributed by atoms with Crippen molar-refractivity contribution in [2.75, 3.05) is 0 Å². The fourth-order valence-corrected chi connectivity index (χ4v) is 1.75. The lowest BCUT2D eigenvalue weighted by molar-refractivity contribution is 1.25. The van der Waals surface area contributed by atoms with Crippen LogP contribution >= 0.6 is 0 Å². The van der Waals surface area contributed by atoms with Crippen molar-refractivity contribution >= 4 is 0 Å². The Labute approximate surface area is 92.7 Å². The highest BCUT2D eigenvalue weighted by molar-refractivity contribution is 5.62. The molecule has 0 radical (unpaired) electrons. The molecule has 1 aliphatic rings. The van der Waals surface area contributed by atoms with E-state index in [-0.39, 0.29) is 0 Å². The minimum atomic E-state index is 0.967. The molecule has 78 valence electrons. The van der Waals surface area contributed by atoms with E-state index in [1.54, 1.807) is 0 Å². The monoisotopic (exact) mass is 198 g/mol. The van der Waals surface area contributed by atoms with E-state index in [0.717, 1.165) is 12.0 Å². The van der Waals surface area contributed by atoms with Crippen LogP contribution in [0.4, 0.5) is 0 Å². The molecule has 0 heterocycles. The van der Waals surface area contributed by atoms with Crippen molar-refractivity contribution in [3.8, 4) is 0 Å². The predicted molar refractivity (Wildman–Crippen MR) is 68.7 cm³/mol. The van der Waals surface area contributed by atoms with Gasteiger partial charge < -0.3 is 0 Å². The largest absolute Gasteiger partial charge is 0.0984 e. The van der Waals surface area contributed by atoms with Crippen molar-refractivity contribution < 1.29 is 0 Å². The average molecular weight is 198 g/mol. The summed E-state index contributed by atoms with van der Waals surface area (Å²) in [5.74, 6) is 0. The molecule has 0 bridgehead atoms. The Kier molecular flexibility index (Phi) is 4.11. The van der Waals surface area contributed by atoms with Crippen molar-refractivity contribution in [3.63, 3.8) is 0 Å². The van der Waals surface area contributed by atoms with E-state index in [0.29, 0.717) is 0 Å². The number of rotatable bonds is 3. The normalized spacial score (nSPS) is 20.1. The van der Waals surface area contributed by atoms with Crippen LogP contribution < -0.4 is 0 Å². The molecule has 0 heteroatoms. The van der Waals surface area contributed by atoms with Crippen LogP contribution in [0.3, 0.4) is 0 Å². The molecule has 0 saturated heterocycles. The first-order valence-corrected chi connectivity index (χ1v) is 5.24. The van der Waals surface area contributed by atoms with Crippen LogP contribution in [0.25, 0.3) is 0 Å². The molecule has 0 aromatic rings. The lowest BCUT2D eigenvalue weighted by Crippen LogP contribution is -1.79. The van der Waals surface area contributed by atoms with Gasteiger partial charge in [0.15, 0.2) is 0 Å². The molecule has 0 amide bonds. The summed E-state index contributed by atoms with van der Waals surface area (Å²) in [4.78, 5) is 0. The zero-order valence-corrected chi connectivity index (χ0v) is 9.59. The standard InChI is InChI=1S/C15H18/c1-5-8-10-13-11-14(9-6-2)15(7-3)12(13)4/h5-10H,3-4,11H2,1-2H3/b8-5-,9-6-,13-10-. The van der Waals surface area contributed by atoms with Gasteiger partial charge in [-0.1, -0.05) is 49.6 Å². The van der Waals surface area contributed by atoms with Gasteiger partial charge in [0.25, 0.3) is 0 Å². The van der Waals surface area contributed by atoms with E-state index in [2.05, 4.69) is 37.5 Å². The van der Waals surface area contributed by atoms with E-state index >= 15 is 0 Å². The van der Waals surface area contributed by atoms with Gasteiger partial charge in [0.2, 0.25) is 0 Å². The zero-order valence-electron chi connectivity index (χ0n) is 9.59. The van der Waals surface area contributed by atoms with Gasteiger partial charge in [-0.15, -0.1) is 0 Å². The van der Waals surface area contributed by atoms with Crippen molar-refractivity contribution in [1.82, 2.24) is 0 Å². The maximum atomic E-state index is 4.11. The molecule has 1 aliphatic carbocycles. The first kappa shape index (κ1) is 11.5. The molecule has 0 unspecified atom stereocenters. The van der Waals surface area contributed by atoms with E-state index < -0.39 is 0 Å².